The molecule has 2 rings (SSSR count). The lowest BCUT2D eigenvalue weighted by Crippen LogP contribution is -2.18. The third kappa shape index (κ3) is 2.28. The van der Waals surface area contributed by atoms with Crippen molar-refractivity contribution in [3.8, 4) is 0 Å². The zero-order chi connectivity index (χ0) is 11.7. The van der Waals surface area contributed by atoms with Crippen molar-refractivity contribution in [1.82, 2.24) is 19.6 Å². The molecule has 0 spiro atoms. The quantitative estimate of drug-likeness (QED) is 0.748. The molecule has 0 saturated heterocycles. The lowest BCUT2D eigenvalue weighted by molar-refractivity contribution is 0.331. The minimum absolute atomic E-state index is 0.940. The summed E-state index contributed by atoms with van der Waals surface area (Å²) < 4.78 is 2.21. The van der Waals surface area contributed by atoms with Crippen LogP contribution in [0.3, 0.4) is 0 Å². The summed E-state index contributed by atoms with van der Waals surface area (Å²) in [6, 6.07) is 0. The van der Waals surface area contributed by atoms with Gasteiger partial charge >= 0.3 is 0 Å². The maximum absolute atomic E-state index is 4.73. The minimum atomic E-state index is 0.940. The molecule has 0 aliphatic carbocycles. The highest BCUT2D eigenvalue weighted by Gasteiger charge is 2.18. The van der Waals surface area contributed by atoms with Gasteiger partial charge in [0.15, 0.2) is 0 Å². The van der Waals surface area contributed by atoms with Gasteiger partial charge in [-0.05, 0) is 40.1 Å². The minimum Gasteiger partial charge on any atom is -0.303 e. The van der Waals surface area contributed by atoms with Crippen LogP contribution in [0, 0.1) is 6.92 Å². The molecule has 1 aromatic heterocycles. The number of hydrogen-bond acceptors (Lipinski definition) is 3. The van der Waals surface area contributed by atoms with E-state index >= 15 is 0 Å². The van der Waals surface area contributed by atoms with E-state index in [1.54, 1.807) is 0 Å². The van der Waals surface area contributed by atoms with Gasteiger partial charge in [0, 0.05) is 26.2 Å². The molecular weight excluding hydrogens is 200 g/mol. The van der Waals surface area contributed by atoms with Gasteiger partial charge in [-0.2, -0.15) is 5.10 Å². The van der Waals surface area contributed by atoms with Crippen molar-refractivity contribution in [3.63, 3.8) is 0 Å². The van der Waals surface area contributed by atoms with Crippen LogP contribution in [0.25, 0.3) is 0 Å². The van der Waals surface area contributed by atoms with Gasteiger partial charge in [0.2, 0.25) is 0 Å². The summed E-state index contributed by atoms with van der Waals surface area (Å²) in [6.07, 6.45) is 1.20. The molecule has 90 valence electrons. The van der Waals surface area contributed by atoms with E-state index in [2.05, 4.69) is 42.5 Å². The monoisotopic (exact) mass is 222 g/mol. The maximum Gasteiger partial charge on any atom is 0.0797 e. The molecule has 0 saturated carbocycles. The number of nitrogens with zero attached hydrogens (tertiary/aromatic N) is 4. The number of rotatable bonds is 2. The summed E-state index contributed by atoms with van der Waals surface area (Å²) in [5.74, 6) is 0. The van der Waals surface area contributed by atoms with Gasteiger partial charge in [-0.3, -0.25) is 4.68 Å². The van der Waals surface area contributed by atoms with Crippen molar-refractivity contribution < 1.29 is 0 Å². The van der Waals surface area contributed by atoms with E-state index in [4.69, 9.17) is 5.10 Å². The molecule has 0 unspecified atom stereocenters. The Labute approximate surface area is 97.8 Å². The smallest absolute Gasteiger partial charge is 0.0797 e. The first kappa shape index (κ1) is 11.6. The van der Waals surface area contributed by atoms with E-state index in [9.17, 15) is 0 Å². The molecule has 4 nitrogen and oxygen atoms in total. The summed E-state index contributed by atoms with van der Waals surface area (Å²) in [4.78, 5) is 4.56. The van der Waals surface area contributed by atoms with Gasteiger partial charge in [0.05, 0.1) is 11.4 Å². The van der Waals surface area contributed by atoms with Gasteiger partial charge in [0.1, 0.15) is 0 Å². The Morgan fingerprint density at radius 3 is 2.75 bits per heavy atom. The van der Waals surface area contributed by atoms with Crippen LogP contribution in [-0.4, -0.2) is 47.3 Å². The Hall–Kier alpha value is -0.870. The Bertz CT molecular complexity index is 367. The average Bonchev–Trinajstić information content (AvgIpc) is 2.39. The van der Waals surface area contributed by atoms with Crippen molar-refractivity contribution in [2.24, 2.45) is 0 Å². The van der Waals surface area contributed by atoms with E-state index in [1.807, 2.05) is 0 Å². The number of aromatic nitrogens is 2. The molecule has 0 amide bonds. The first-order chi connectivity index (χ1) is 7.58. The van der Waals surface area contributed by atoms with Crippen LogP contribution in [0.5, 0.6) is 0 Å². The molecule has 1 aliphatic heterocycles. The van der Waals surface area contributed by atoms with E-state index in [0.29, 0.717) is 0 Å². The third-order valence-electron chi connectivity index (χ3n) is 3.21. The maximum atomic E-state index is 4.73. The zero-order valence-corrected chi connectivity index (χ0v) is 10.8. The summed E-state index contributed by atoms with van der Waals surface area (Å²) in [5.41, 5.74) is 4.01. The molecule has 16 heavy (non-hydrogen) atoms. The van der Waals surface area contributed by atoms with Crippen LogP contribution in [0.1, 0.15) is 23.4 Å². The second-order valence-electron chi connectivity index (χ2n) is 5.07. The normalized spacial score (nSPS) is 17.6. The van der Waals surface area contributed by atoms with Crippen molar-refractivity contribution in [2.75, 3.05) is 27.7 Å². The fourth-order valence-corrected chi connectivity index (χ4v) is 2.30. The second kappa shape index (κ2) is 4.55. The van der Waals surface area contributed by atoms with E-state index < -0.39 is 0 Å². The Balaban J connectivity index is 2.29. The summed E-state index contributed by atoms with van der Waals surface area (Å²) in [6.45, 7) is 6.42. The van der Waals surface area contributed by atoms with Crippen LogP contribution >= 0.6 is 0 Å². The highest BCUT2D eigenvalue weighted by Crippen LogP contribution is 2.19. The van der Waals surface area contributed by atoms with Crippen LogP contribution in [0.2, 0.25) is 0 Å². The fraction of sp³-hybridized carbons (Fsp3) is 0.750. The fourth-order valence-electron chi connectivity index (χ4n) is 2.30. The Morgan fingerprint density at radius 1 is 1.31 bits per heavy atom. The molecule has 0 N–H and O–H groups in total. The third-order valence-corrected chi connectivity index (χ3v) is 3.21. The van der Waals surface area contributed by atoms with Crippen LogP contribution in [0.15, 0.2) is 0 Å². The SMILES string of the molecule is Cc1c(CN(C)C)nn2c1CN(C)CCC2. The molecule has 1 aromatic rings. The van der Waals surface area contributed by atoms with Crippen molar-refractivity contribution >= 4 is 0 Å². The zero-order valence-electron chi connectivity index (χ0n) is 10.8. The predicted octanol–water partition coefficient (Wildman–Crippen LogP) is 1.09. The van der Waals surface area contributed by atoms with Crippen molar-refractivity contribution in [1.29, 1.82) is 0 Å². The highest BCUT2D eigenvalue weighted by molar-refractivity contribution is 5.25. The molecule has 1 aliphatic rings. The molecule has 0 bridgehead atoms. The molecule has 2 heterocycles. The first-order valence-electron chi connectivity index (χ1n) is 5.96. The largest absolute Gasteiger partial charge is 0.303 e. The van der Waals surface area contributed by atoms with Gasteiger partial charge in [-0.15, -0.1) is 0 Å². The average molecular weight is 222 g/mol. The van der Waals surface area contributed by atoms with Gasteiger partial charge in [0.25, 0.3) is 0 Å². The molecule has 0 fully saturated rings. The number of hydrogen-bond donors (Lipinski definition) is 0. The van der Waals surface area contributed by atoms with E-state index in [-0.39, 0.29) is 0 Å². The molecule has 0 aromatic carbocycles. The first-order valence-corrected chi connectivity index (χ1v) is 5.96. The lowest BCUT2D eigenvalue weighted by atomic mass is 10.2. The van der Waals surface area contributed by atoms with Crippen LogP contribution in [-0.2, 0) is 19.6 Å². The summed E-state index contributed by atoms with van der Waals surface area (Å²) >= 11 is 0. The van der Waals surface area contributed by atoms with Crippen molar-refractivity contribution in [2.45, 2.75) is 33.0 Å². The van der Waals surface area contributed by atoms with Gasteiger partial charge in [-0.25, -0.2) is 0 Å². The molecule has 0 radical (unpaired) electrons. The second-order valence-corrected chi connectivity index (χ2v) is 5.07. The van der Waals surface area contributed by atoms with E-state index in [1.165, 1.54) is 29.9 Å². The standard InChI is InChI=1S/C12H22N4/c1-10-11(8-14(2)3)13-16-7-5-6-15(4)9-12(10)16/h5-9H2,1-4H3. The Morgan fingerprint density at radius 2 is 2.06 bits per heavy atom. The Kier molecular flexibility index (Phi) is 3.30. The topological polar surface area (TPSA) is 24.3 Å². The predicted molar refractivity (Wildman–Crippen MR) is 65.3 cm³/mol. The summed E-state index contributed by atoms with van der Waals surface area (Å²) in [5, 5.41) is 4.73. The van der Waals surface area contributed by atoms with Crippen molar-refractivity contribution in [3.05, 3.63) is 17.0 Å². The summed E-state index contributed by atoms with van der Waals surface area (Å²) in [7, 11) is 6.37. The molecule has 0 atom stereocenters. The van der Waals surface area contributed by atoms with Gasteiger partial charge in [-0.1, -0.05) is 0 Å². The lowest BCUT2D eigenvalue weighted by Gasteiger charge is -2.12. The number of aryl methyl sites for hydroxylation is 1. The van der Waals surface area contributed by atoms with Crippen LogP contribution < -0.4 is 0 Å². The highest BCUT2D eigenvalue weighted by atomic mass is 15.3. The number of fused-ring (bicyclic) bond motifs is 1. The van der Waals surface area contributed by atoms with E-state index in [0.717, 1.165) is 19.6 Å². The molecular formula is C12H22N4. The molecule has 4 heteroatoms. The van der Waals surface area contributed by atoms with Gasteiger partial charge < -0.3 is 9.80 Å². The van der Waals surface area contributed by atoms with Crippen LogP contribution in [0.4, 0.5) is 0 Å².